The molecule has 0 unspecified atom stereocenters. The van der Waals surface area contributed by atoms with Crippen LogP contribution in [-0.2, 0) is 26.0 Å². The fourth-order valence-corrected chi connectivity index (χ4v) is 5.62. The number of likely N-dealkylation sites (N-methyl/N-ethyl adjacent to an activating group) is 1. The van der Waals surface area contributed by atoms with E-state index in [4.69, 9.17) is 0 Å². The summed E-state index contributed by atoms with van der Waals surface area (Å²) in [6.45, 7) is 5.80. The van der Waals surface area contributed by atoms with Gasteiger partial charge in [0.25, 0.3) is 0 Å². The highest BCUT2D eigenvalue weighted by Gasteiger charge is 2.30. The van der Waals surface area contributed by atoms with Gasteiger partial charge in [-0.25, -0.2) is 8.42 Å². The van der Waals surface area contributed by atoms with Crippen molar-refractivity contribution in [3.63, 3.8) is 0 Å². The average Bonchev–Trinajstić information content (AvgIpc) is 3.21. The van der Waals surface area contributed by atoms with E-state index < -0.39 is 10.0 Å². The Kier molecular flexibility index (Phi) is 7.15. The molecule has 8 nitrogen and oxygen atoms in total. The Balaban J connectivity index is 1.71. The highest BCUT2D eigenvalue weighted by molar-refractivity contribution is 7.89. The Labute approximate surface area is 179 Å². The number of nitrogens with zero attached hydrogens (tertiary/aromatic N) is 3. The summed E-state index contributed by atoms with van der Waals surface area (Å²) in [6, 6.07) is 5.14. The Morgan fingerprint density at radius 1 is 1.10 bits per heavy atom. The molecular formula is C21H32N4O4S. The number of hydrogen-bond donors (Lipinski definition) is 1. The molecule has 2 heterocycles. The number of amides is 2. The van der Waals surface area contributed by atoms with Crippen LogP contribution in [-0.4, -0.2) is 75.3 Å². The van der Waals surface area contributed by atoms with Crippen LogP contribution < -0.4 is 10.2 Å². The van der Waals surface area contributed by atoms with Crippen molar-refractivity contribution in [1.82, 2.24) is 14.5 Å². The third-order valence-corrected chi connectivity index (χ3v) is 7.34. The topological polar surface area (TPSA) is 90.0 Å². The summed E-state index contributed by atoms with van der Waals surface area (Å²) in [7, 11) is -1.73. The molecule has 0 bridgehead atoms. The molecule has 0 aliphatic carbocycles. The molecule has 1 aromatic carbocycles. The molecule has 1 N–H and O–H groups in total. The molecule has 30 heavy (non-hydrogen) atoms. The van der Waals surface area contributed by atoms with Crippen LogP contribution in [0.3, 0.4) is 0 Å². The van der Waals surface area contributed by atoms with Crippen LogP contribution in [0.5, 0.6) is 0 Å². The zero-order chi connectivity index (χ0) is 21.9. The predicted molar refractivity (Wildman–Crippen MR) is 116 cm³/mol. The molecule has 0 saturated carbocycles. The number of nitrogens with one attached hydrogen (secondary N) is 1. The van der Waals surface area contributed by atoms with E-state index in [1.807, 2.05) is 13.8 Å². The van der Waals surface area contributed by atoms with Gasteiger partial charge < -0.3 is 10.2 Å². The molecule has 1 saturated heterocycles. The zero-order valence-corrected chi connectivity index (χ0v) is 18.9. The first-order valence-corrected chi connectivity index (χ1v) is 12.0. The van der Waals surface area contributed by atoms with E-state index in [1.165, 1.54) is 4.31 Å². The van der Waals surface area contributed by atoms with Gasteiger partial charge >= 0.3 is 0 Å². The first kappa shape index (κ1) is 22.7. The summed E-state index contributed by atoms with van der Waals surface area (Å²) in [5.41, 5.74) is 1.65. The van der Waals surface area contributed by atoms with Crippen molar-refractivity contribution in [2.24, 2.45) is 0 Å². The zero-order valence-electron chi connectivity index (χ0n) is 18.1. The van der Waals surface area contributed by atoms with Gasteiger partial charge in [0.05, 0.1) is 18.0 Å². The second-order valence-electron chi connectivity index (χ2n) is 8.45. The van der Waals surface area contributed by atoms with Gasteiger partial charge in [0.1, 0.15) is 0 Å². The summed E-state index contributed by atoms with van der Waals surface area (Å²) < 4.78 is 27.3. The first-order chi connectivity index (χ1) is 14.2. The predicted octanol–water partition coefficient (Wildman–Crippen LogP) is 1.21. The van der Waals surface area contributed by atoms with E-state index in [0.717, 1.165) is 36.9 Å². The number of hydrogen-bond acceptors (Lipinski definition) is 5. The number of benzene rings is 1. The minimum absolute atomic E-state index is 0.0570. The largest absolute Gasteiger partial charge is 0.353 e. The van der Waals surface area contributed by atoms with Gasteiger partial charge in [0.2, 0.25) is 21.8 Å². The van der Waals surface area contributed by atoms with Crippen molar-refractivity contribution in [3.05, 3.63) is 23.8 Å². The summed E-state index contributed by atoms with van der Waals surface area (Å²) in [5.74, 6) is -0.206. The Morgan fingerprint density at radius 2 is 1.80 bits per heavy atom. The third-order valence-electron chi connectivity index (χ3n) is 5.44. The SMILES string of the molecule is CC(C)NC(=O)CN(C)CC(=O)N1CCCc2cc(S(=O)(=O)N3CCCC3)ccc21. The lowest BCUT2D eigenvalue weighted by Crippen LogP contribution is -2.45. The number of anilines is 1. The second-order valence-corrected chi connectivity index (χ2v) is 10.4. The van der Waals surface area contributed by atoms with E-state index in [1.54, 1.807) is 35.0 Å². The maximum absolute atomic E-state index is 12.9. The van der Waals surface area contributed by atoms with Gasteiger partial charge in [-0.3, -0.25) is 14.5 Å². The maximum atomic E-state index is 12.9. The van der Waals surface area contributed by atoms with Gasteiger partial charge in [-0.1, -0.05) is 0 Å². The van der Waals surface area contributed by atoms with E-state index >= 15 is 0 Å². The lowest BCUT2D eigenvalue weighted by Gasteiger charge is -2.31. The number of aryl methyl sites for hydroxylation is 1. The summed E-state index contributed by atoms with van der Waals surface area (Å²) in [6.07, 6.45) is 3.32. The molecule has 2 aliphatic heterocycles. The van der Waals surface area contributed by atoms with Crippen LogP contribution in [0.4, 0.5) is 5.69 Å². The molecule has 3 rings (SSSR count). The van der Waals surface area contributed by atoms with Crippen molar-refractivity contribution < 1.29 is 18.0 Å². The van der Waals surface area contributed by atoms with Crippen molar-refractivity contribution in [2.75, 3.05) is 44.7 Å². The maximum Gasteiger partial charge on any atom is 0.243 e. The van der Waals surface area contributed by atoms with E-state index in [-0.39, 0.29) is 30.9 Å². The monoisotopic (exact) mass is 436 g/mol. The standard InChI is InChI=1S/C21H32N4O4S/c1-16(2)22-20(26)14-23(3)15-21(27)25-12-6-7-17-13-18(8-9-19(17)25)30(28,29)24-10-4-5-11-24/h8-9,13,16H,4-7,10-12,14-15H2,1-3H3,(H,22,26). The molecule has 0 spiro atoms. The highest BCUT2D eigenvalue weighted by atomic mass is 32.2. The molecule has 2 aliphatic rings. The average molecular weight is 437 g/mol. The molecule has 0 aromatic heterocycles. The van der Waals surface area contributed by atoms with Crippen LogP contribution in [0.2, 0.25) is 0 Å². The van der Waals surface area contributed by atoms with Crippen LogP contribution in [0.15, 0.2) is 23.1 Å². The minimum atomic E-state index is -3.48. The normalized spacial score (nSPS) is 17.4. The molecule has 1 fully saturated rings. The summed E-state index contributed by atoms with van der Waals surface area (Å²) in [5, 5.41) is 2.82. The highest BCUT2D eigenvalue weighted by Crippen LogP contribution is 2.31. The van der Waals surface area contributed by atoms with Gasteiger partial charge in [0.15, 0.2) is 0 Å². The van der Waals surface area contributed by atoms with Crippen molar-refractivity contribution in [1.29, 1.82) is 0 Å². The third kappa shape index (κ3) is 5.19. The first-order valence-electron chi connectivity index (χ1n) is 10.6. The fourth-order valence-electron chi connectivity index (χ4n) is 4.06. The number of sulfonamides is 1. The van der Waals surface area contributed by atoms with Gasteiger partial charge in [-0.2, -0.15) is 4.31 Å². The Hall–Kier alpha value is -1.97. The molecule has 1 aromatic rings. The smallest absolute Gasteiger partial charge is 0.243 e. The van der Waals surface area contributed by atoms with Gasteiger partial charge in [-0.15, -0.1) is 0 Å². The summed E-state index contributed by atoms with van der Waals surface area (Å²) in [4.78, 5) is 28.5. The van der Waals surface area contributed by atoms with Crippen molar-refractivity contribution in [3.8, 4) is 0 Å². The minimum Gasteiger partial charge on any atom is -0.353 e. The lowest BCUT2D eigenvalue weighted by molar-refractivity contribution is -0.123. The Bertz CT molecular complexity index is 894. The molecule has 166 valence electrons. The fraction of sp³-hybridized carbons (Fsp3) is 0.619. The quantitative estimate of drug-likeness (QED) is 0.694. The lowest BCUT2D eigenvalue weighted by atomic mass is 10.0. The molecule has 9 heteroatoms. The van der Waals surface area contributed by atoms with E-state index in [9.17, 15) is 18.0 Å². The number of carbonyl (C=O) groups excluding carboxylic acids is 2. The van der Waals surface area contributed by atoms with Gasteiger partial charge in [0, 0.05) is 31.4 Å². The van der Waals surface area contributed by atoms with Crippen LogP contribution >= 0.6 is 0 Å². The molecular weight excluding hydrogens is 404 g/mol. The van der Waals surface area contributed by atoms with Crippen molar-refractivity contribution in [2.45, 2.75) is 50.5 Å². The van der Waals surface area contributed by atoms with Crippen LogP contribution in [0.25, 0.3) is 0 Å². The van der Waals surface area contributed by atoms with Crippen LogP contribution in [0.1, 0.15) is 38.7 Å². The van der Waals surface area contributed by atoms with E-state index in [2.05, 4.69) is 5.32 Å². The van der Waals surface area contributed by atoms with Gasteiger partial charge in [-0.05, 0) is 70.3 Å². The number of carbonyl (C=O) groups is 2. The second kappa shape index (κ2) is 9.45. The van der Waals surface area contributed by atoms with E-state index in [0.29, 0.717) is 24.5 Å². The number of rotatable bonds is 7. The van der Waals surface area contributed by atoms with Crippen molar-refractivity contribution >= 4 is 27.5 Å². The molecule has 2 amide bonds. The molecule has 0 radical (unpaired) electrons. The molecule has 0 atom stereocenters. The summed E-state index contributed by atoms with van der Waals surface area (Å²) >= 11 is 0. The van der Waals surface area contributed by atoms with Crippen LogP contribution in [0, 0.1) is 0 Å². The number of fused-ring (bicyclic) bond motifs is 1. The Morgan fingerprint density at radius 3 is 2.47 bits per heavy atom.